The Balaban J connectivity index is 1.57. The van der Waals surface area contributed by atoms with Gasteiger partial charge in [-0.25, -0.2) is 0 Å². The van der Waals surface area contributed by atoms with E-state index in [9.17, 15) is 4.79 Å². The normalized spacial score (nSPS) is 49.9. The van der Waals surface area contributed by atoms with Crippen LogP contribution >= 0.6 is 0 Å². The quantitative estimate of drug-likeness (QED) is 0.761. The lowest BCUT2D eigenvalue weighted by atomic mass is 9.67. The fourth-order valence-corrected chi connectivity index (χ4v) is 5.19. The minimum Gasteiger partial charge on any atom is -0.375 e. The first-order valence-electron chi connectivity index (χ1n) is 8.48. The summed E-state index contributed by atoms with van der Waals surface area (Å²) in [4.78, 5) is 20.4. The number of hydroxylamine groups is 1. The third kappa shape index (κ3) is 2.19. The number of ether oxygens (including phenoxy) is 2. The number of nitrogens with zero attached hydrogens (tertiary/aromatic N) is 1. The summed E-state index contributed by atoms with van der Waals surface area (Å²) in [6.45, 7) is 4.47. The number of methoxy groups -OCH3 is 1. The Morgan fingerprint density at radius 1 is 1.32 bits per heavy atom. The number of hydrogen-bond donors (Lipinski definition) is 1. The van der Waals surface area contributed by atoms with Crippen molar-refractivity contribution in [3.63, 3.8) is 0 Å². The lowest BCUT2D eigenvalue weighted by molar-refractivity contribution is -0.188. The molecule has 3 heterocycles. The Bertz CT molecular complexity index is 459. The van der Waals surface area contributed by atoms with Crippen molar-refractivity contribution in [1.82, 2.24) is 10.4 Å². The third-order valence-corrected chi connectivity index (χ3v) is 6.09. The van der Waals surface area contributed by atoms with E-state index in [1.807, 2.05) is 4.90 Å². The predicted molar refractivity (Wildman–Crippen MR) is 78.9 cm³/mol. The van der Waals surface area contributed by atoms with E-state index in [-0.39, 0.29) is 36.8 Å². The lowest BCUT2D eigenvalue weighted by Gasteiger charge is -2.54. The standard InChI is InChI=1S/C16H26N2O4/c1-8-6-11-14(9(2)18(8)13(19)7-20-3)10-4-5-12-16(21-12)15(10)22-17-11/h8-12,14-17H,4-7H2,1-3H3. The number of likely N-dealkylation sites (tertiary alicyclic amines) is 1. The van der Waals surface area contributed by atoms with Gasteiger partial charge in [0.25, 0.3) is 0 Å². The van der Waals surface area contributed by atoms with E-state index >= 15 is 0 Å². The van der Waals surface area contributed by atoms with Crippen LogP contribution in [0.25, 0.3) is 0 Å². The van der Waals surface area contributed by atoms with Crippen molar-refractivity contribution < 1.29 is 19.1 Å². The summed E-state index contributed by atoms with van der Waals surface area (Å²) in [5.74, 6) is 1.01. The molecule has 22 heavy (non-hydrogen) atoms. The van der Waals surface area contributed by atoms with E-state index in [4.69, 9.17) is 14.3 Å². The van der Waals surface area contributed by atoms with E-state index in [1.54, 1.807) is 7.11 Å². The molecule has 3 aliphatic heterocycles. The molecule has 8 unspecified atom stereocenters. The Labute approximate surface area is 131 Å². The van der Waals surface area contributed by atoms with E-state index in [1.165, 1.54) is 0 Å². The van der Waals surface area contributed by atoms with Crippen LogP contribution in [0, 0.1) is 11.8 Å². The highest BCUT2D eigenvalue weighted by Gasteiger charge is 2.59. The minimum atomic E-state index is 0.0975. The number of nitrogens with one attached hydrogen (secondary N) is 1. The highest BCUT2D eigenvalue weighted by Crippen LogP contribution is 2.49. The zero-order valence-corrected chi connectivity index (χ0v) is 13.5. The largest absolute Gasteiger partial charge is 0.375 e. The zero-order chi connectivity index (χ0) is 15.4. The molecule has 0 radical (unpaired) electrons. The van der Waals surface area contributed by atoms with Gasteiger partial charge in [0.15, 0.2) is 0 Å². The van der Waals surface area contributed by atoms with Crippen molar-refractivity contribution in [3.8, 4) is 0 Å². The van der Waals surface area contributed by atoms with Crippen molar-refractivity contribution >= 4 is 5.91 Å². The van der Waals surface area contributed by atoms with Crippen LogP contribution in [0.1, 0.15) is 33.1 Å². The minimum absolute atomic E-state index is 0.0975. The SMILES string of the molecule is COCC(=O)N1C(C)CC2NOC3C(CCC4OC43)C2C1C. The molecule has 4 fully saturated rings. The Morgan fingerprint density at radius 2 is 2.14 bits per heavy atom. The average molecular weight is 310 g/mol. The fraction of sp³-hybridized carbons (Fsp3) is 0.938. The number of carbonyl (C=O) groups is 1. The monoisotopic (exact) mass is 310 g/mol. The second-order valence-electron chi connectivity index (χ2n) is 7.32. The summed E-state index contributed by atoms with van der Waals surface area (Å²) in [7, 11) is 1.58. The number of carbonyl (C=O) groups excluding carboxylic acids is 1. The molecule has 8 atom stereocenters. The number of piperidine rings is 1. The van der Waals surface area contributed by atoms with Gasteiger partial charge in [-0.3, -0.25) is 9.63 Å². The second-order valence-corrected chi connectivity index (χ2v) is 7.32. The van der Waals surface area contributed by atoms with Gasteiger partial charge in [0.05, 0.1) is 6.10 Å². The Hall–Kier alpha value is -0.690. The first kappa shape index (κ1) is 14.9. The summed E-state index contributed by atoms with van der Waals surface area (Å²) in [5.41, 5.74) is 3.28. The molecule has 1 saturated carbocycles. The van der Waals surface area contributed by atoms with Crippen LogP contribution in [0.2, 0.25) is 0 Å². The van der Waals surface area contributed by atoms with Gasteiger partial charge in [-0.2, -0.15) is 5.48 Å². The van der Waals surface area contributed by atoms with Crippen LogP contribution in [0.15, 0.2) is 0 Å². The molecular formula is C16H26N2O4. The van der Waals surface area contributed by atoms with Crippen molar-refractivity contribution in [1.29, 1.82) is 0 Å². The summed E-state index contributed by atoms with van der Waals surface area (Å²) in [6, 6.07) is 0.740. The summed E-state index contributed by atoms with van der Waals surface area (Å²) < 4.78 is 10.8. The fourth-order valence-electron chi connectivity index (χ4n) is 5.19. The van der Waals surface area contributed by atoms with Crippen LogP contribution < -0.4 is 5.48 Å². The van der Waals surface area contributed by atoms with Crippen molar-refractivity contribution in [3.05, 3.63) is 0 Å². The molecule has 4 rings (SSSR count). The van der Waals surface area contributed by atoms with Gasteiger partial charge in [0, 0.05) is 31.2 Å². The van der Waals surface area contributed by atoms with Gasteiger partial charge in [0.1, 0.15) is 18.8 Å². The number of epoxide rings is 1. The molecule has 0 aromatic heterocycles. The van der Waals surface area contributed by atoms with Crippen LogP contribution in [0.5, 0.6) is 0 Å². The second kappa shape index (κ2) is 5.44. The third-order valence-electron chi connectivity index (χ3n) is 6.09. The van der Waals surface area contributed by atoms with Crippen LogP contribution in [-0.4, -0.2) is 61.0 Å². The van der Waals surface area contributed by atoms with E-state index < -0.39 is 0 Å². The maximum absolute atomic E-state index is 12.5. The molecule has 3 saturated heterocycles. The number of hydrogen-bond acceptors (Lipinski definition) is 5. The van der Waals surface area contributed by atoms with Crippen LogP contribution in [-0.2, 0) is 19.1 Å². The number of amides is 1. The summed E-state index contributed by atoms with van der Waals surface area (Å²) in [5, 5.41) is 0. The lowest BCUT2D eigenvalue weighted by Crippen LogP contribution is -2.67. The Kier molecular flexibility index (Phi) is 3.68. The van der Waals surface area contributed by atoms with E-state index in [0.29, 0.717) is 24.0 Å². The van der Waals surface area contributed by atoms with Gasteiger partial charge in [-0.15, -0.1) is 0 Å². The van der Waals surface area contributed by atoms with Gasteiger partial charge in [-0.05, 0) is 39.0 Å². The highest BCUT2D eigenvalue weighted by molar-refractivity contribution is 5.78. The molecule has 4 aliphatic rings. The molecule has 0 bridgehead atoms. The van der Waals surface area contributed by atoms with E-state index in [2.05, 4.69) is 19.3 Å². The van der Waals surface area contributed by atoms with Gasteiger partial charge < -0.3 is 14.4 Å². The molecule has 0 aromatic carbocycles. The van der Waals surface area contributed by atoms with Gasteiger partial charge in [-0.1, -0.05) is 0 Å². The smallest absolute Gasteiger partial charge is 0.249 e. The highest BCUT2D eigenvalue weighted by atomic mass is 16.7. The van der Waals surface area contributed by atoms with Crippen molar-refractivity contribution in [2.75, 3.05) is 13.7 Å². The molecule has 0 aromatic rings. The molecular weight excluding hydrogens is 284 g/mol. The first-order valence-corrected chi connectivity index (χ1v) is 8.48. The molecule has 1 N–H and O–H groups in total. The predicted octanol–water partition coefficient (Wildman–Crippen LogP) is 0.708. The summed E-state index contributed by atoms with van der Waals surface area (Å²) in [6.07, 6.45) is 4.02. The maximum atomic E-state index is 12.5. The van der Waals surface area contributed by atoms with Crippen LogP contribution in [0.3, 0.4) is 0 Å². The Morgan fingerprint density at radius 3 is 2.91 bits per heavy atom. The number of fused-ring (bicyclic) bond motifs is 5. The van der Waals surface area contributed by atoms with Crippen molar-refractivity contribution in [2.24, 2.45) is 11.8 Å². The van der Waals surface area contributed by atoms with E-state index in [0.717, 1.165) is 19.3 Å². The van der Waals surface area contributed by atoms with Gasteiger partial charge in [0.2, 0.25) is 5.91 Å². The average Bonchev–Trinajstić information content (AvgIpc) is 3.26. The molecule has 6 heteroatoms. The summed E-state index contributed by atoms with van der Waals surface area (Å²) >= 11 is 0. The van der Waals surface area contributed by atoms with Gasteiger partial charge >= 0.3 is 0 Å². The maximum Gasteiger partial charge on any atom is 0.249 e. The molecule has 1 aliphatic carbocycles. The molecule has 124 valence electrons. The zero-order valence-electron chi connectivity index (χ0n) is 13.5. The molecule has 6 nitrogen and oxygen atoms in total. The molecule has 1 amide bonds. The number of rotatable bonds is 2. The molecule has 0 spiro atoms. The van der Waals surface area contributed by atoms with Crippen molar-refractivity contribution in [2.45, 2.75) is 69.5 Å². The topological polar surface area (TPSA) is 63.3 Å². The first-order chi connectivity index (χ1) is 10.6. The van der Waals surface area contributed by atoms with Crippen LogP contribution in [0.4, 0.5) is 0 Å².